The zero-order chi connectivity index (χ0) is 10.3. The molecule has 0 amide bonds. The number of hydrogen-bond acceptors (Lipinski definition) is 4. The molecule has 0 saturated carbocycles. The molecule has 0 aliphatic carbocycles. The summed E-state index contributed by atoms with van der Waals surface area (Å²) in [5, 5.41) is 0. The molecule has 0 aromatic heterocycles. The van der Waals surface area contributed by atoms with Gasteiger partial charge in [0.05, 0.1) is 13.2 Å². The Labute approximate surface area is 129 Å². The third-order valence-corrected chi connectivity index (χ3v) is 1.17. The van der Waals surface area contributed by atoms with Gasteiger partial charge in [-0.1, -0.05) is 13.8 Å². The Balaban J connectivity index is -0.000000720. The van der Waals surface area contributed by atoms with Gasteiger partial charge in [0.1, 0.15) is 6.42 Å². The topological polar surface area (TPSA) is 52.6 Å². The summed E-state index contributed by atoms with van der Waals surface area (Å²) in [5.41, 5.74) is 0. The van der Waals surface area contributed by atoms with Gasteiger partial charge in [-0.2, -0.15) is 0 Å². The largest absolute Gasteiger partial charge is 1.00 e. The van der Waals surface area contributed by atoms with E-state index in [0.29, 0.717) is 6.61 Å². The van der Waals surface area contributed by atoms with Gasteiger partial charge in [0, 0.05) is 0 Å². The van der Waals surface area contributed by atoms with Crippen molar-refractivity contribution in [3.8, 4) is 0 Å². The molecule has 0 bridgehead atoms. The van der Waals surface area contributed by atoms with Gasteiger partial charge < -0.3 is 10.9 Å². The first-order valence-electron chi connectivity index (χ1n) is 4.37. The van der Waals surface area contributed by atoms with Crippen LogP contribution in [0.3, 0.4) is 0 Å². The van der Waals surface area contributed by atoms with Crippen molar-refractivity contribution in [2.45, 2.75) is 27.2 Å². The Kier molecular flexibility index (Phi) is 12.3. The second-order valence-electron chi connectivity index (χ2n) is 3.06. The molecular formula is C9H17KO4. The molecule has 14 heavy (non-hydrogen) atoms. The van der Waals surface area contributed by atoms with Crippen LogP contribution in [-0.2, 0) is 19.1 Å². The normalized spacial score (nSPS) is 9.14. The van der Waals surface area contributed by atoms with Crippen LogP contribution in [0.5, 0.6) is 0 Å². The molecule has 0 heterocycles. The summed E-state index contributed by atoms with van der Waals surface area (Å²) in [6, 6.07) is 0. The van der Waals surface area contributed by atoms with E-state index in [2.05, 4.69) is 4.74 Å². The molecule has 0 saturated heterocycles. The van der Waals surface area contributed by atoms with Crippen LogP contribution in [0.1, 0.15) is 28.6 Å². The molecule has 78 valence electrons. The summed E-state index contributed by atoms with van der Waals surface area (Å²) < 4.78 is 9.36. The third-order valence-electron chi connectivity index (χ3n) is 1.17. The molecule has 5 heteroatoms. The number of hydrogen-bond donors (Lipinski definition) is 0. The van der Waals surface area contributed by atoms with E-state index in [-0.39, 0.29) is 71.8 Å². The van der Waals surface area contributed by atoms with Crippen LogP contribution in [0, 0.1) is 5.92 Å². The molecular weight excluding hydrogens is 211 g/mol. The summed E-state index contributed by atoms with van der Waals surface area (Å²) in [7, 11) is 0. The minimum atomic E-state index is -0.531. The van der Waals surface area contributed by atoms with Crippen molar-refractivity contribution >= 4 is 11.9 Å². The summed E-state index contributed by atoms with van der Waals surface area (Å²) in [4.78, 5) is 21.7. The molecule has 0 spiro atoms. The average molecular weight is 228 g/mol. The molecule has 0 aliphatic heterocycles. The van der Waals surface area contributed by atoms with Gasteiger partial charge in [-0.3, -0.25) is 9.59 Å². The van der Waals surface area contributed by atoms with Crippen LogP contribution >= 0.6 is 0 Å². The van der Waals surface area contributed by atoms with Gasteiger partial charge in [-0.15, -0.1) is 0 Å². The first kappa shape index (κ1) is 17.0. The maximum atomic E-state index is 10.9. The smallest absolute Gasteiger partial charge is 1.00 e. The Hall–Kier alpha value is 0.576. The van der Waals surface area contributed by atoms with Gasteiger partial charge in [0.25, 0.3) is 0 Å². The van der Waals surface area contributed by atoms with E-state index in [1.807, 2.05) is 13.8 Å². The SMILES string of the molecule is CCOC(=O)CC(=O)OCC(C)C.[H-].[K+]. The Morgan fingerprint density at radius 1 is 1.21 bits per heavy atom. The van der Waals surface area contributed by atoms with Crippen molar-refractivity contribution in [3.63, 3.8) is 0 Å². The van der Waals surface area contributed by atoms with E-state index in [1.54, 1.807) is 6.92 Å². The van der Waals surface area contributed by atoms with Crippen molar-refractivity contribution in [1.29, 1.82) is 0 Å². The van der Waals surface area contributed by atoms with E-state index < -0.39 is 11.9 Å². The molecule has 0 atom stereocenters. The van der Waals surface area contributed by atoms with E-state index in [0.717, 1.165) is 0 Å². The number of esters is 2. The number of ether oxygens (including phenoxy) is 2. The van der Waals surface area contributed by atoms with E-state index in [4.69, 9.17) is 4.74 Å². The summed E-state index contributed by atoms with van der Waals surface area (Å²) in [6.07, 6.45) is -0.291. The predicted molar refractivity (Wildman–Crippen MR) is 48.2 cm³/mol. The van der Waals surface area contributed by atoms with Gasteiger partial charge in [0.15, 0.2) is 0 Å². The molecule has 0 fully saturated rings. The van der Waals surface area contributed by atoms with E-state index in [1.165, 1.54) is 0 Å². The first-order chi connectivity index (χ1) is 6.06. The Morgan fingerprint density at radius 2 is 1.71 bits per heavy atom. The molecule has 0 rings (SSSR count). The number of rotatable bonds is 5. The fourth-order valence-electron chi connectivity index (χ4n) is 0.641. The monoisotopic (exact) mass is 228 g/mol. The maximum Gasteiger partial charge on any atom is 1.00 e. The summed E-state index contributed by atoms with van der Waals surface area (Å²) >= 11 is 0. The van der Waals surface area contributed by atoms with Crippen molar-refractivity contribution in [2.75, 3.05) is 13.2 Å². The average Bonchev–Trinajstić information content (AvgIpc) is 2.01. The minimum Gasteiger partial charge on any atom is -1.00 e. The van der Waals surface area contributed by atoms with Crippen molar-refractivity contribution in [2.24, 2.45) is 5.92 Å². The maximum absolute atomic E-state index is 10.9. The summed E-state index contributed by atoms with van der Waals surface area (Å²) in [6.45, 7) is 6.18. The van der Waals surface area contributed by atoms with Gasteiger partial charge in [-0.05, 0) is 12.8 Å². The van der Waals surface area contributed by atoms with E-state index >= 15 is 0 Å². The molecule has 0 unspecified atom stereocenters. The Bertz CT molecular complexity index is 185. The van der Waals surface area contributed by atoms with Crippen LogP contribution in [0.15, 0.2) is 0 Å². The number of carbonyl (C=O) groups is 2. The zero-order valence-electron chi connectivity index (χ0n) is 10.3. The molecule has 0 aliphatic rings. The zero-order valence-corrected chi connectivity index (χ0v) is 12.5. The van der Waals surface area contributed by atoms with Crippen LogP contribution in [0.25, 0.3) is 0 Å². The minimum absolute atomic E-state index is 0. The third kappa shape index (κ3) is 10.7. The molecule has 0 radical (unpaired) electrons. The van der Waals surface area contributed by atoms with Crippen LogP contribution in [-0.4, -0.2) is 25.2 Å². The fraction of sp³-hybridized carbons (Fsp3) is 0.778. The van der Waals surface area contributed by atoms with Crippen molar-refractivity contribution in [1.82, 2.24) is 0 Å². The standard InChI is InChI=1S/C9H16O4.K.H/c1-4-12-8(10)5-9(11)13-6-7(2)3;;/h7H,4-6H2,1-3H3;;/q;+1;-1. The van der Waals surface area contributed by atoms with Crippen LogP contribution in [0.4, 0.5) is 0 Å². The second-order valence-corrected chi connectivity index (χ2v) is 3.06. The predicted octanol–water partition coefficient (Wildman–Crippen LogP) is -1.74. The van der Waals surface area contributed by atoms with Crippen molar-refractivity contribution in [3.05, 3.63) is 0 Å². The van der Waals surface area contributed by atoms with Crippen LogP contribution < -0.4 is 51.4 Å². The van der Waals surface area contributed by atoms with Crippen LogP contribution in [0.2, 0.25) is 0 Å². The molecule has 0 aromatic carbocycles. The first-order valence-corrected chi connectivity index (χ1v) is 4.37. The van der Waals surface area contributed by atoms with Crippen molar-refractivity contribution < 1.29 is 71.9 Å². The van der Waals surface area contributed by atoms with Gasteiger partial charge in [0.2, 0.25) is 0 Å². The van der Waals surface area contributed by atoms with Gasteiger partial charge in [-0.25, -0.2) is 0 Å². The van der Waals surface area contributed by atoms with Gasteiger partial charge >= 0.3 is 63.3 Å². The molecule has 4 nitrogen and oxygen atoms in total. The second kappa shape index (κ2) is 10.1. The molecule has 0 N–H and O–H groups in total. The molecule has 0 aromatic rings. The van der Waals surface area contributed by atoms with E-state index in [9.17, 15) is 9.59 Å². The Morgan fingerprint density at radius 3 is 2.14 bits per heavy atom. The quantitative estimate of drug-likeness (QED) is 0.318. The number of carbonyl (C=O) groups excluding carboxylic acids is 2. The summed E-state index contributed by atoms with van der Waals surface area (Å²) in [5.74, 6) is -0.769. The fourth-order valence-corrected chi connectivity index (χ4v) is 0.641.